The molecule has 0 radical (unpaired) electrons. The van der Waals surface area contributed by atoms with Crippen molar-refractivity contribution in [1.29, 1.82) is 0 Å². The van der Waals surface area contributed by atoms with Crippen molar-refractivity contribution in [3.63, 3.8) is 0 Å². The van der Waals surface area contributed by atoms with E-state index in [1.165, 1.54) is 0 Å². The molecule has 8 heteroatoms. The number of halogens is 2. The van der Waals surface area contributed by atoms with Gasteiger partial charge in [-0.3, -0.25) is 9.59 Å². The van der Waals surface area contributed by atoms with Crippen molar-refractivity contribution >= 4 is 46.4 Å². The van der Waals surface area contributed by atoms with Gasteiger partial charge in [0.05, 0.1) is 21.4 Å². The first kappa shape index (κ1) is 22.1. The van der Waals surface area contributed by atoms with E-state index in [1.54, 1.807) is 31.2 Å². The number of fused-ring (bicyclic) bond motifs is 1. The lowest BCUT2D eigenvalue weighted by Crippen LogP contribution is -2.22. The maximum atomic E-state index is 12.9. The largest absolute Gasteiger partial charge is 0.455 e. The molecule has 0 bridgehead atoms. The molecule has 1 heterocycles. The number of carbonyl (C=O) groups is 2. The van der Waals surface area contributed by atoms with Crippen molar-refractivity contribution in [2.45, 2.75) is 33.1 Å². The highest BCUT2D eigenvalue weighted by Gasteiger charge is 2.28. The monoisotopic (exact) mass is 469 g/mol. The minimum atomic E-state index is -0.427. The second kappa shape index (κ2) is 9.18. The summed E-state index contributed by atoms with van der Waals surface area (Å²) in [6.07, 6.45) is 2.16. The smallest absolute Gasteiger partial charge is 0.291 e. The van der Waals surface area contributed by atoms with Gasteiger partial charge in [0.25, 0.3) is 11.8 Å². The molecule has 0 spiro atoms. The summed E-state index contributed by atoms with van der Waals surface area (Å²) in [5, 5.41) is 7.73. The minimum Gasteiger partial charge on any atom is -0.455 e. The summed E-state index contributed by atoms with van der Waals surface area (Å²) >= 11 is 12.2. The number of nitrogens with one attached hydrogen (secondary N) is 2. The Morgan fingerprint density at radius 1 is 1.00 bits per heavy atom. The highest BCUT2D eigenvalue weighted by Crippen LogP contribution is 2.33. The predicted octanol–water partition coefficient (Wildman–Crippen LogP) is 5.93. The number of anilines is 1. The topological polar surface area (TPSA) is 83.7 Å². The number of furan rings is 1. The third kappa shape index (κ3) is 4.29. The van der Waals surface area contributed by atoms with Gasteiger partial charge in [0, 0.05) is 23.1 Å². The zero-order chi connectivity index (χ0) is 22.8. The highest BCUT2D eigenvalue weighted by molar-refractivity contribution is 6.44. The summed E-state index contributed by atoms with van der Waals surface area (Å²) < 4.78 is 5.90. The van der Waals surface area contributed by atoms with E-state index in [2.05, 4.69) is 15.8 Å². The Balaban J connectivity index is 1.59. The SMILES string of the molecule is Cc1ccccc1C(=O)N/N=C1\CCCc2oc(C(=O)Nc3cccc(Cl)c3Cl)c(C)c21. The molecule has 0 atom stereocenters. The standard InChI is InChI=1S/C24H21Cl2N3O3/c1-13-7-3-4-8-15(13)23(30)29-28-17-10-6-12-19-20(17)14(2)22(32-19)24(31)27-18-11-5-9-16(25)21(18)26/h3-5,7-9,11H,6,10,12H2,1-2H3,(H,27,31)(H,29,30)/b28-17+. The number of hydrazone groups is 1. The molecule has 1 aliphatic rings. The molecule has 2 aromatic carbocycles. The minimum absolute atomic E-state index is 0.186. The lowest BCUT2D eigenvalue weighted by molar-refractivity contribution is 0.0953. The Labute approximate surface area is 195 Å². The van der Waals surface area contributed by atoms with Crippen molar-refractivity contribution in [3.05, 3.63) is 86.3 Å². The summed E-state index contributed by atoms with van der Waals surface area (Å²) in [6.45, 7) is 3.68. The molecule has 1 aromatic heterocycles. The van der Waals surface area contributed by atoms with Crippen LogP contribution in [0.25, 0.3) is 0 Å². The zero-order valence-electron chi connectivity index (χ0n) is 17.6. The van der Waals surface area contributed by atoms with E-state index in [4.69, 9.17) is 27.6 Å². The van der Waals surface area contributed by atoms with Gasteiger partial charge < -0.3 is 9.73 Å². The van der Waals surface area contributed by atoms with Crippen LogP contribution in [0.1, 0.15) is 56.2 Å². The summed E-state index contributed by atoms with van der Waals surface area (Å²) in [5.41, 5.74) is 6.60. The van der Waals surface area contributed by atoms with Crippen molar-refractivity contribution in [2.24, 2.45) is 5.10 Å². The molecule has 4 rings (SSSR count). The van der Waals surface area contributed by atoms with E-state index >= 15 is 0 Å². The Morgan fingerprint density at radius 3 is 2.56 bits per heavy atom. The molecule has 1 aliphatic carbocycles. The number of carbonyl (C=O) groups excluding carboxylic acids is 2. The number of rotatable bonds is 4. The second-order valence-electron chi connectivity index (χ2n) is 7.58. The van der Waals surface area contributed by atoms with Gasteiger partial charge in [-0.25, -0.2) is 5.43 Å². The number of benzene rings is 2. The van der Waals surface area contributed by atoms with Crippen LogP contribution < -0.4 is 10.7 Å². The molecule has 2 amide bonds. The molecule has 164 valence electrons. The zero-order valence-corrected chi connectivity index (χ0v) is 19.1. The first-order valence-electron chi connectivity index (χ1n) is 10.2. The molecule has 3 aromatic rings. The molecule has 0 unspecified atom stereocenters. The van der Waals surface area contributed by atoms with Crippen LogP contribution in [0.15, 0.2) is 52.0 Å². The first-order chi connectivity index (χ1) is 15.4. The van der Waals surface area contributed by atoms with Crippen molar-refractivity contribution in [3.8, 4) is 0 Å². The van der Waals surface area contributed by atoms with E-state index in [9.17, 15) is 9.59 Å². The van der Waals surface area contributed by atoms with Crippen molar-refractivity contribution in [1.82, 2.24) is 5.43 Å². The summed E-state index contributed by atoms with van der Waals surface area (Å²) in [7, 11) is 0. The molecular weight excluding hydrogens is 449 g/mol. The van der Waals surface area contributed by atoms with Gasteiger partial charge in [-0.15, -0.1) is 0 Å². The molecule has 0 aliphatic heterocycles. The quantitative estimate of drug-likeness (QED) is 0.464. The average Bonchev–Trinajstić information content (AvgIpc) is 3.13. The van der Waals surface area contributed by atoms with E-state index in [0.29, 0.717) is 46.2 Å². The maximum absolute atomic E-state index is 12.9. The molecule has 6 nitrogen and oxygen atoms in total. The fraction of sp³-hybridized carbons (Fsp3) is 0.208. The average molecular weight is 470 g/mol. The number of nitrogens with zero attached hydrogens (tertiary/aromatic N) is 1. The third-order valence-electron chi connectivity index (χ3n) is 5.41. The van der Waals surface area contributed by atoms with E-state index in [1.807, 2.05) is 25.1 Å². The first-order valence-corrected chi connectivity index (χ1v) is 10.9. The predicted molar refractivity (Wildman–Crippen MR) is 126 cm³/mol. The Hall–Kier alpha value is -3.09. The van der Waals surface area contributed by atoms with Crippen LogP contribution in [0, 0.1) is 13.8 Å². The van der Waals surface area contributed by atoms with Crippen molar-refractivity contribution < 1.29 is 14.0 Å². The number of aryl methyl sites for hydroxylation is 2. The van der Waals surface area contributed by atoms with Crippen LogP contribution in [0.4, 0.5) is 5.69 Å². The summed E-state index contributed by atoms with van der Waals surface area (Å²) in [6, 6.07) is 12.3. The number of hydrogen-bond acceptors (Lipinski definition) is 4. The highest BCUT2D eigenvalue weighted by atomic mass is 35.5. The Morgan fingerprint density at radius 2 is 1.78 bits per heavy atom. The molecule has 2 N–H and O–H groups in total. The van der Waals surface area contributed by atoms with Gasteiger partial charge in [0.2, 0.25) is 0 Å². The fourth-order valence-electron chi connectivity index (χ4n) is 3.78. The fourth-order valence-corrected chi connectivity index (χ4v) is 4.13. The summed E-state index contributed by atoms with van der Waals surface area (Å²) in [5.74, 6) is 0.160. The molecule has 0 saturated heterocycles. The van der Waals surface area contributed by atoms with Gasteiger partial charge in [-0.05, 0) is 50.5 Å². The van der Waals surface area contributed by atoms with E-state index in [0.717, 1.165) is 17.5 Å². The van der Waals surface area contributed by atoms with Gasteiger partial charge in [0.1, 0.15) is 5.76 Å². The van der Waals surface area contributed by atoms with Gasteiger partial charge >= 0.3 is 0 Å². The molecule has 32 heavy (non-hydrogen) atoms. The van der Waals surface area contributed by atoms with E-state index in [-0.39, 0.29) is 16.7 Å². The van der Waals surface area contributed by atoms with Crippen LogP contribution in [-0.2, 0) is 6.42 Å². The lowest BCUT2D eigenvalue weighted by atomic mass is 9.93. The normalized spacial score (nSPS) is 14.2. The summed E-state index contributed by atoms with van der Waals surface area (Å²) in [4.78, 5) is 25.4. The number of amides is 2. The van der Waals surface area contributed by atoms with Crippen molar-refractivity contribution in [2.75, 3.05) is 5.32 Å². The van der Waals surface area contributed by atoms with Crippen LogP contribution in [0.5, 0.6) is 0 Å². The van der Waals surface area contributed by atoms with Gasteiger partial charge in [-0.2, -0.15) is 5.10 Å². The third-order valence-corrected chi connectivity index (χ3v) is 6.23. The Bertz CT molecular complexity index is 1250. The second-order valence-corrected chi connectivity index (χ2v) is 8.36. The van der Waals surface area contributed by atoms with Gasteiger partial charge in [-0.1, -0.05) is 47.5 Å². The lowest BCUT2D eigenvalue weighted by Gasteiger charge is -2.13. The van der Waals surface area contributed by atoms with Crippen LogP contribution >= 0.6 is 23.2 Å². The molecule has 0 saturated carbocycles. The van der Waals surface area contributed by atoms with Crippen LogP contribution in [0.3, 0.4) is 0 Å². The Kier molecular flexibility index (Phi) is 6.35. The molecule has 0 fully saturated rings. The van der Waals surface area contributed by atoms with E-state index < -0.39 is 5.91 Å². The van der Waals surface area contributed by atoms with Crippen LogP contribution in [0.2, 0.25) is 10.0 Å². The molecular formula is C24H21Cl2N3O3. The maximum Gasteiger partial charge on any atom is 0.291 e. The van der Waals surface area contributed by atoms with Gasteiger partial charge in [0.15, 0.2) is 5.76 Å². The number of hydrogen-bond donors (Lipinski definition) is 2. The van der Waals surface area contributed by atoms with Crippen LogP contribution in [-0.4, -0.2) is 17.5 Å².